The largest absolute Gasteiger partial charge is 0.326 e. The van der Waals surface area contributed by atoms with E-state index in [9.17, 15) is 18.0 Å². The van der Waals surface area contributed by atoms with Crippen LogP contribution in [0.25, 0.3) is 0 Å². The number of rotatable bonds is 8. The lowest BCUT2D eigenvalue weighted by Crippen LogP contribution is -2.15. The Balaban J connectivity index is 1.62. The van der Waals surface area contributed by atoms with E-state index in [1.165, 1.54) is 18.2 Å². The van der Waals surface area contributed by atoms with E-state index in [0.717, 1.165) is 11.3 Å². The molecular weight excluding hydrogens is 467 g/mol. The quantitative estimate of drug-likeness (QED) is 0.417. The van der Waals surface area contributed by atoms with Crippen LogP contribution in [0.3, 0.4) is 0 Å². The Bertz CT molecular complexity index is 1180. The molecule has 0 fully saturated rings. The monoisotopic (exact) mass is 482 g/mol. The Kier molecular flexibility index (Phi) is 7.14. The van der Waals surface area contributed by atoms with E-state index < -0.39 is 15.9 Å². The van der Waals surface area contributed by atoms with Crippen molar-refractivity contribution >= 4 is 67.6 Å². The molecule has 2 N–H and O–H groups in total. The highest BCUT2D eigenvalue weighted by atomic mass is 35.5. The number of thiophene rings is 1. The van der Waals surface area contributed by atoms with E-state index in [0.29, 0.717) is 25.6 Å². The van der Waals surface area contributed by atoms with Crippen LogP contribution in [0, 0.1) is 0 Å². The van der Waals surface area contributed by atoms with Gasteiger partial charge in [-0.1, -0.05) is 29.3 Å². The van der Waals surface area contributed by atoms with Gasteiger partial charge in [-0.25, -0.2) is 8.42 Å². The van der Waals surface area contributed by atoms with Crippen molar-refractivity contribution in [2.45, 2.75) is 17.7 Å². The van der Waals surface area contributed by atoms with Gasteiger partial charge < -0.3 is 5.32 Å². The third-order valence-electron chi connectivity index (χ3n) is 3.95. The van der Waals surface area contributed by atoms with E-state index in [2.05, 4.69) is 10.0 Å². The van der Waals surface area contributed by atoms with Gasteiger partial charge in [-0.2, -0.15) is 0 Å². The fourth-order valence-electron chi connectivity index (χ4n) is 2.51. The third-order valence-corrected chi connectivity index (χ3v) is 6.85. The number of benzene rings is 2. The Hall–Kier alpha value is -2.39. The summed E-state index contributed by atoms with van der Waals surface area (Å²) < 4.78 is 28.1. The number of anilines is 2. The van der Waals surface area contributed by atoms with Gasteiger partial charge in [-0.05, 0) is 54.6 Å². The number of ketones is 1. The van der Waals surface area contributed by atoms with E-state index >= 15 is 0 Å². The summed E-state index contributed by atoms with van der Waals surface area (Å²) in [5.74, 6) is -0.572. The second-order valence-electron chi connectivity index (χ2n) is 6.22. The molecule has 0 spiro atoms. The van der Waals surface area contributed by atoms with Crippen molar-refractivity contribution < 1.29 is 18.0 Å². The fourth-order valence-corrected chi connectivity index (χ4v) is 4.75. The third kappa shape index (κ3) is 6.06. The molecule has 0 aliphatic rings. The summed E-state index contributed by atoms with van der Waals surface area (Å²) in [6, 6.07) is 15.3. The van der Waals surface area contributed by atoms with Gasteiger partial charge in [0, 0.05) is 29.2 Å². The van der Waals surface area contributed by atoms with Crippen LogP contribution in [-0.2, 0) is 14.8 Å². The van der Waals surface area contributed by atoms with Gasteiger partial charge in [0.1, 0.15) is 0 Å². The fraction of sp³-hybridized carbons (Fsp3) is 0.100. The van der Waals surface area contributed by atoms with Crippen molar-refractivity contribution in [3.05, 3.63) is 74.9 Å². The second-order valence-corrected chi connectivity index (χ2v) is 10.0. The maximum atomic E-state index is 12.6. The molecule has 6 nitrogen and oxygen atoms in total. The second kappa shape index (κ2) is 9.61. The molecule has 156 valence electrons. The highest BCUT2D eigenvalue weighted by Gasteiger charge is 2.16. The predicted molar refractivity (Wildman–Crippen MR) is 120 cm³/mol. The molecule has 3 rings (SSSR count). The maximum absolute atomic E-state index is 12.6. The number of sulfonamides is 1. The topological polar surface area (TPSA) is 92.3 Å². The molecule has 0 aliphatic carbocycles. The van der Waals surface area contributed by atoms with Crippen LogP contribution in [-0.4, -0.2) is 20.1 Å². The zero-order chi connectivity index (χ0) is 21.7. The molecule has 0 saturated heterocycles. The van der Waals surface area contributed by atoms with E-state index in [-0.39, 0.29) is 23.5 Å². The molecule has 1 heterocycles. The Morgan fingerprint density at radius 3 is 2.30 bits per heavy atom. The molecule has 30 heavy (non-hydrogen) atoms. The average molecular weight is 483 g/mol. The summed E-state index contributed by atoms with van der Waals surface area (Å²) in [4.78, 5) is 24.7. The first kappa shape index (κ1) is 22.3. The van der Waals surface area contributed by atoms with E-state index in [1.54, 1.807) is 42.5 Å². The van der Waals surface area contributed by atoms with Crippen LogP contribution in [0.5, 0.6) is 0 Å². The number of Topliss-reactive ketones (excluding diaryl/α,β-unsaturated/α-hetero) is 1. The Morgan fingerprint density at radius 2 is 1.63 bits per heavy atom. The van der Waals surface area contributed by atoms with Crippen molar-refractivity contribution in [3.63, 3.8) is 0 Å². The van der Waals surface area contributed by atoms with E-state index in [1.807, 2.05) is 0 Å². The number of hydrogen-bond acceptors (Lipinski definition) is 5. The molecule has 3 aromatic rings. The van der Waals surface area contributed by atoms with Crippen molar-refractivity contribution in [2.75, 3.05) is 10.0 Å². The lowest BCUT2D eigenvalue weighted by Gasteiger charge is -2.10. The smallest absolute Gasteiger partial charge is 0.261 e. The SMILES string of the molecule is O=C(CCC(=O)c1ccc(Cl)s1)Nc1cccc(S(=O)(=O)Nc2ccc(Cl)cc2)c1. The van der Waals surface area contributed by atoms with Crippen LogP contribution in [0.4, 0.5) is 11.4 Å². The van der Waals surface area contributed by atoms with Gasteiger partial charge in [-0.3, -0.25) is 14.3 Å². The zero-order valence-electron chi connectivity index (χ0n) is 15.4. The lowest BCUT2D eigenvalue weighted by molar-refractivity contribution is -0.116. The van der Waals surface area contributed by atoms with Crippen LogP contribution in [0.2, 0.25) is 9.36 Å². The molecule has 1 amide bonds. The molecule has 0 unspecified atom stereocenters. The van der Waals surface area contributed by atoms with Crippen LogP contribution in [0.1, 0.15) is 22.5 Å². The summed E-state index contributed by atoms with van der Waals surface area (Å²) >= 11 is 12.8. The van der Waals surface area contributed by atoms with Crippen molar-refractivity contribution in [2.24, 2.45) is 0 Å². The first-order chi connectivity index (χ1) is 14.2. The van der Waals surface area contributed by atoms with Gasteiger partial charge in [0.05, 0.1) is 14.1 Å². The molecule has 0 saturated carbocycles. The maximum Gasteiger partial charge on any atom is 0.261 e. The minimum Gasteiger partial charge on any atom is -0.326 e. The minimum atomic E-state index is -3.85. The summed E-state index contributed by atoms with van der Waals surface area (Å²) in [5.41, 5.74) is 0.673. The van der Waals surface area contributed by atoms with Crippen molar-refractivity contribution in [1.29, 1.82) is 0 Å². The summed E-state index contributed by atoms with van der Waals surface area (Å²) in [7, 11) is -3.85. The molecular formula is C20H16Cl2N2O4S2. The number of nitrogens with one attached hydrogen (secondary N) is 2. The van der Waals surface area contributed by atoms with E-state index in [4.69, 9.17) is 23.2 Å². The summed E-state index contributed by atoms with van der Waals surface area (Å²) in [5, 5.41) is 3.10. The minimum absolute atomic E-state index is 0.0143. The molecule has 2 aromatic carbocycles. The number of carbonyl (C=O) groups excluding carboxylic acids is 2. The summed E-state index contributed by atoms with van der Waals surface area (Å²) in [6.45, 7) is 0. The standard InChI is InChI=1S/C20H16Cl2N2O4S2/c21-13-4-6-14(7-5-13)24-30(27,28)16-3-1-2-15(12-16)23-20(26)11-8-17(25)18-9-10-19(22)29-18/h1-7,9-10,12,24H,8,11H2,(H,23,26). The highest BCUT2D eigenvalue weighted by Crippen LogP contribution is 2.23. The Morgan fingerprint density at radius 1 is 0.900 bits per heavy atom. The Labute approximate surface area is 187 Å². The zero-order valence-corrected chi connectivity index (χ0v) is 18.5. The number of carbonyl (C=O) groups is 2. The first-order valence-electron chi connectivity index (χ1n) is 8.70. The van der Waals surface area contributed by atoms with Gasteiger partial charge in [-0.15, -0.1) is 11.3 Å². The number of hydrogen-bond donors (Lipinski definition) is 2. The molecule has 1 aromatic heterocycles. The highest BCUT2D eigenvalue weighted by molar-refractivity contribution is 7.92. The van der Waals surface area contributed by atoms with Crippen LogP contribution in [0.15, 0.2) is 65.6 Å². The lowest BCUT2D eigenvalue weighted by atomic mass is 10.2. The normalized spacial score (nSPS) is 11.1. The molecule has 0 bridgehead atoms. The summed E-state index contributed by atoms with van der Waals surface area (Å²) in [6.07, 6.45) is -0.00680. The van der Waals surface area contributed by atoms with Crippen LogP contribution >= 0.6 is 34.5 Å². The van der Waals surface area contributed by atoms with Crippen molar-refractivity contribution in [1.82, 2.24) is 0 Å². The molecule has 0 atom stereocenters. The molecule has 0 radical (unpaired) electrons. The molecule has 10 heteroatoms. The number of amides is 1. The predicted octanol–water partition coefficient (Wildman–Crippen LogP) is 5.46. The molecule has 0 aliphatic heterocycles. The van der Waals surface area contributed by atoms with Crippen molar-refractivity contribution in [3.8, 4) is 0 Å². The van der Waals surface area contributed by atoms with Crippen LogP contribution < -0.4 is 10.0 Å². The van der Waals surface area contributed by atoms with Gasteiger partial charge in [0.15, 0.2) is 5.78 Å². The average Bonchev–Trinajstić information content (AvgIpc) is 3.14. The number of halogens is 2. The first-order valence-corrected chi connectivity index (χ1v) is 11.8. The van der Waals surface area contributed by atoms with Gasteiger partial charge in [0.25, 0.3) is 10.0 Å². The van der Waals surface area contributed by atoms with Gasteiger partial charge >= 0.3 is 0 Å². The van der Waals surface area contributed by atoms with Gasteiger partial charge in [0.2, 0.25) is 5.91 Å².